The first-order valence-corrected chi connectivity index (χ1v) is 10.2. The van der Waals surface area contributed by atoms with E-state index in [4.69, 9.17) is 0 Å². The van der Waals surface area contributed by atoms with Crippen molar-refractivity contribution in [3.63, 3.8) is 0 Å². The lowest BCUT2D eigenvalue weighted by atomic mass is 9.91. The van der Waals surface area contributed by atoms with E-state index in [0.717, 1.165) is 49.2 Å². The largest absolute Gasteiger partial charge is 0.309 e. The second-order valence-corrected chi connectivity index (χ2v) is 7.92. The lowest BCUT2D eigenvalue weighted by molar-refractivity contribution is 0.269. The molecular weight excluding hydrogens is 358 g/mol. The van der Waals surface area contributed by atoms with Gasteiger partial charge in [-0.2, -0.15) is 5.10 Å². The standard InChI is InChI=1S/C20H23N5OS/c1-14-19(27-13-23-14)12-22-16-2-4-17(5-3-16)25-20(26)7-6-18(24-25)15-8-10-21-11-9-15/h6-11,13,16-17,22H,2-5,12H2,1H3. The number of pyridine rings is 1. The third-order valence-electron chi connectivity index (χ3n) is 5.24. The van der Waals surface area contributed by atoms with E-state index in [1.807, 2.05) is 17.6 Å². The normalized spacial score (nSPS) is 19.9. The average Bonchev–Trinajstić information content (AvgIpc) is 3.13. The Labute approximate surface area is 162 Å². The van der Waals surface area contributed by atoms with E-state index in [1.54, 1.807) is 40.5 Å². The van der Waals surface area contributed by atoms with Gasteiger partial charge in [0.1, 0.15) is 0 Å². The Balaban J connectivity index is 1.41. The zero-order valence-electron chi connectivity index (χ0n) is 15.3. The van der Waals surface area contributed by atoms with Gasteiger partial charge in [-0.05, 0) is 50.8 Å². The summed E-state index contributed by atoms with van der Waals surface area (Å²) in [6.07, 6.45) is 7.52. The van der Waals surface area contributed by atoms with Gasteiger partial charge in [-0.1, -0.05) is 0 Å². The highest BCUT2D eigenvalue weighted by molar-refractivity contribution is 7.09. The molecule has 0 aromatic carbocycles. The third-order valence-corrected chi connectivity index (χ3v) is 6.17. The number of nitrogens with one attached hydrogen (secondary N) is 1. The van der Waals surface area contributed by atoms with Gasteiger partial charge in [-0.15, -0.1) is 11.3 Å². The number of hydrogen-bond acceptors (Lipinski definition) is 6. The number of aromatic nitrogens is 4. The van der Waals surface area contributed by atoms with Crippen molar-refractivity contribution in [2.75, 3.05) is 0 Å². The highest BCUT2D eigenvalue weighted by atomic mass is 32.1. The molecule has 1 aliphatic carbocycles. The van der Waals surface area contributed by atoms with Crippen molar-refractivity contribution in [2.45, 2.75) is 51.2 Å². The lowest BCUT2D eigenvalue weighted by Crippen LogP contribution is -2.36. The van der Waals surface area contributed by atoms with Crippen molar-refractivity contribution in [1.82, 2.24) is 25.1 Å². The summed E-state index contributed by atoms with van der Waals surface area (Å²) < 4.78 is 1.68. The van der Waals surface area contributed by atoms with Crippen LogP contribution < -0.4 is 10.9 Å². The van der Waals surface area contributed by atoms with Crippen molar-refractivity contribution in [3.05, 3.63) is 63.1 Å². The van der Waals surface area contributed by atoms with Crippen LogP contribution in [0.5, 0.6) is 0 Å². The van der Waals surface area contributed by atoms with Crippen molar-refractivity contribution in [2.24, 2.45) is 0 Å². The van der Waals surface area contributed by atoms with Gasteiger partial charge in [0.05, 0.1) is 22.9 Å². The number of rotatable bonds is 5. The first-order valence-electron chi connectivity index (χ1n) is 9.33. The number of hydrogen-bond donors (Lipinski definition) is 1. The molecule has 1 aliphatic rings. The quantitative estimate of drug-likeness (QED) is 0.734. The number of thiazole rings is 1. The molecular formula is C20H23N5OS. The zero-order chi connectivity index (χ0) is 18.6. The van der Waals surface area contributed by atoms with E-state index in [2.05, 4.69) is 27.3 Å². The monoisotopic (exact) mass is 381 g/mol. The fraction of sp³-hybridized carbons (Fsp3) is 0.400. The van der Waals surface area contributed by atoms with Crippen LogP contribution in [-0.4, -0.2) is 25.8 Å². The van der Waals surface area contributed by atoms with Crippen LogP contribution in [0.25, 0.3) is 11.3 Å². The van der Waals surface area contributed by atoms with E-state index in [1.165, 1.54) is 4.88 Å². The second kappa shape index (κ2) is 8.10. The first-order chi connectivity index (χ1) is 13.2. The molecule has 0 amide bonds. The van der Waals surface area contributed by atoms with Gasteiger partial charge in [0.25, 0.3) is 5.56 Å². The molecule has 140 valence electrons. The van der Waals surface area contributed by atoms with Gasteiger partial charge in [-0.25, -0.2) is 9.67 Å². The average molecular weight is 382 g/mol. The molecule has 0 bridgehead atoms. The molecule has 4 rings (SSSR count). The van der Waals surface area contributed by atoms with Gasteiger partial charge in [0, 0.05) is 41.5 Å². The third kappa shape index (κ3) is 4.14. The Morgan fingerprint density at radius 2 is 1.93 bits per heavy atom. The fourth-order valence-corrected chi connectivity index (χ4v) is 4.35. The molecule has 3 aromatic rings. The minimum absolute atomic E-state index is 0.0236. The Kier molecular flexibility index (Phi) is 5.40. The Morgan fingerprint density at radius 1 is 1.15 bits per heavy atom. The molecule has 0 aliphatic heterocycles. The van der Waals surface area contributed by atoms with Crippen LogP contribution in [0, 0.1) is 6.92 Å². The molecule has 0 atom stereocenters. The fourth-order valence-electron chi connectivity index (χ4n) is 3.62. The summed E-state index contributed by atoms with van der Waals surface area (Å²) in [6, 6.07) is 7.90. The van der Waals surface area contributed by atoms with Gasteiger partial charge in [0.15, 0.2) is 0 Å². The topological polar surface area (TPSA) is 72.7 Å². The zero-order valence-corrected chi connectivity index (χ0v) is 16.2. The summed E-state index contributed by atoms with van der Waals surface area (Å²) in [6.45, 7) is 2.93. The molecule has 1 saturated carbocycles. The van der Waals surface area contributed by atoms with Crippen molar-refractivity contribution < 1.29 is 0 Å². The lowest BCUT2D eigenvalue weighted by Gasteiger charge is -2.29. The molecule has 27 heavy (non-hydrogen) atoms. The van der Waals surface area contributed by atoms with Crippen LogP contribution in [-0.2, 0) is 6.54 Å². The van der Waals surface area contributed by atoms with Crippen molar-refractivity contribution in [3.8, 4) is 11.3 Å². The summed E-state index contributed by atoms with van der Waals surface area (Å²) in [5, 5.41) is 8.28. The van der Waals surface area contributed by atoms with E-state index in [0.29, 0.717) is 6.04 Å². The summed E-state index contributed by atoms with van der Waals surface area (Å²) >= 11 is 1.70. The maximum atomic E-state index is 12.4. The first kappa shape index (κ1) is 18.0. The van der Waals surface area contributed by atoms with E-state index in [-0.39, 0.29) is 11.6 Å². The highest BCUT2D eigenvalue weighted by Crippen LogP contribution is 2.28. The molecule has 7 heteroatoms. The Bertz CT molecular complexity index is 944. The molecule has 1 fully saturated rings. The van der Waals surface area contributed by atoms with Gasteiger partial charge in [0.2, 0.25) is 0 Å². The smallest absolute Gasteiger partial charge is 0.267 e. The van der Waals surface area contributed by atoms with Crippen LogP contribution in [0.15, 0.2) is 47.0 Å². The van der Waals surface area contributed by atoms with E-state index in [9.17, 15) is 4.79 Å². The molecule has 0 unspecified atom stereocenters. The molecule has 0 saturated heterocycles. The summed E-state index contributed by atoms with van der Waals surface area (Å²) in [5.74, 6) is 0. The van der Waals surface area contributed by atoms with Crippen LogP contribution >= 0.6 is 11.3 Å². The molecule has 1 N–H and O–H groups in total. The molecule has 6 nitrogen and oxygen atoms in total. The molecule has 3 heterocycles. The van der Waals surface area contributed by atoms with Crippen molar-refractivity contribution >= 4 is 11.3 Å². The molecule has 0 radical (unpaired) electrons. The van der Waals surface area contributed by atoms with Gasteiger partial charge < -0.3 is 5.32 Å². The van der Waals surface area contributed by atoms with Crippen molar-refractivity contribution in [1.29, 1.82) is 0 Å². The minimum Gasteiger partial charge on any atom is -0.309 e. The van der Waals surface area contributed by atoms with Gasteiger partial charge in [-0.3, -0.25) is 9.78 Å². The highest BCUT2D eigenvalue weighted by Gasteiger charge is 2.24. The Hall–Kier alpha value is -2.38. The maximum Gasteiger partial charge on any atom is 0.267 e. The number of nitrogens with zero attached hydrogens (tertiary/aromatic N) is 4. The molecule has 3 aromatic heterocycles. The number of aryl methyl sites for hydroxylation is 1. The predicted molar refractivity (Wildman–Crippen MR) is 107 cm³/mol. The summed E-state index contributed by atoms with van der Waals surface area (Å²) in [7, 11) is 0. The summed E-state index contributed by atoms with van der Waals surface area (Å²) in [4.78, 5) is 22.0. The maximum absolute atomic E-state index is 12.4. The predicted octanol–water partition coefficient (Wildman–Crippen LogP) is 3.34. The van der Waals surface area contributed by atoms with Gasteiger partial charge >= 0.3 is 0 Å². The second-order valence-electron chi connectivity index (χ2n) is 6.98. The summed E-state index contributed by atoms with van der Waals surface area (Å²) in [5.41, 5.74) is 4.79. The SMILES string of the molecule is Cc1ncsc1CNC1CCC(n2nc(-c3ccncc3)ccc2=O)CC1. The van der Waals surface area contributed by atoms with Crippen LogP contribution in [0.1, 0.15) is 42.3 Å². The van der Waals surface area contributed by atoms with Crippen LogP contribution in [0.4, 0.5) is 0 Å². The van der Waals surface area contributed by atoms with E-state index < -0.39 is 0 Å². The van der Waals surface area contributed by atoms with E-state index >= 15 is 0 Å². The minimum atomic E-state index is -0.0236. The van der Waals surface area contributed by atoms with Crippen LogP contribution in [0.2, 0.25) is 0 Å². The van der Waals surface area contributed by atoms with Crippen LogP contribution in [0.3, 0.4) is 0 Å². The Morgan fingerprint density at radius 3 is 2.63 bits per heavy atom. The molecule has 0 spiro atoms.